The summed E-state index contributed by atoms with van der Waals surface area (Å²) in [5.74, 6) is 0.966. The Morgan fingerprint density at radius 1 is 1.02 bits per heavy atom. The molecule has 0 radical (unpaired) electrons. The standard InChI is InChI=1S/C33H46I2N7O3P/c1-23(2)41(24(3)4)46(45-17-11-14-36)44-16-10-9-15-40-31-20-32(43-8)30(19-28(31)25(5)21-33(40,6)7)39-38-29-13-12-27(42(34)35)18-26(29)22-37/h12-13,18-20,23-25H,9-11,15-17,21H2,1-8H3. The molecule has 0 saturated heterocycles. The molecule has 2 unspecified atom stereocenters. The van der Waals surface area contributed by atoms with Gasteiger partial charge in [0.15, 0.2) is 0 Å². The average Bonchev–Trinajstić information content (AvgIpc) is 2.99. The molecule has 10 nitrogen and oxygen atoms in total. The van der Waals surface area contributed by atoms with Gasteiger partial charge in [-0.25, -0.2) is 4.67 Å². The molecule has 0 saturated carbocycles. The summed E-state index contributed by atoms with van der Waals surface area (Å²) in [5, 5.41) is 27.7. The molecule has 2 atom stereocenters. The van der Waals surface area contributed by atoms with Crippen LogP contribution < -0.4 is 11.0 Å². The van der Waals surface area contributed by atoms with Crippen molar-refractivity contribution in [2.75, 3.05) is 33.1 Å². The van der Waals surface area contributed by atoms with Crippen LogP contribution in [0.15, 0.2) is 40.6 Å². The first-order valence-electron chi connectivity index (χ1n) is 15.6. The van der Waals surface area contributed by atoms with Crippen molar-refractivity contribution in [1.82, 2.24) is 4.67 Å². The largest absolute Gasteiger partial charge is 0.494 e. The lowest BCUT2D eigenvalue weighted by molar-refractivity contribution is 0.174. The molecular formula is C33H46I2N7O3P. The Labute approximate surface area is 304 Å². The highest BCUT2D eigenvalue weighted by Gasteiger charge is 2.37. The molecule has 46 heavy (non-hydrogen) atoms. The van der Waals surface area contributed by atoms with E-state index in [4.69, 9.17) is 19.0 Å². The molecule has 0 amide bonds. The SMILES string of the molecule is COc1cc2c(cc1N=Nc1ccc(N(I)I)cc1C#N)C(C)CC(C)(C)N2CCCCOP(OCCC#N)N(C(C)C)C(C)C. The Morgan fingerprint density at radius 3 is 2.30 bits per heavy atom. The fourth-order valence-corrected chi connectivity index (χ4v) is 8.13. The Morgan fingerprint density at radius 2 is 1.70 bits per heavy atom. The molecule has 0 N–H and O–H groups in total. The molecule has 1 heterocycles. The van der Waals surface area contributed by atoms with E-state index in [2.05, 4.69) is 138 Å². The molecule has 0 aromatic heterocycles. The minimum atomic E-state index is -1.24. The van der Waals surface area contributed by atoms with E-state index in [1.807, 2.05) is 13.5 Å². The van der Waals surface area contributed by atoms with Gasteiger partial charge in [-0.05, 0) is 96.6 Å². The topological polar surface area (TPSA) is 110 Å². The second-order valence-electron chi connectivity index (χ2n) is 12.5. The lowest BCUT2D eigenvalue weighted by Crippen LogP contribution is -2.48. The molecule has 0 bridgehead atoms. The molecule has 3 rings (SSSR count). The quantitative estimate of drug-likeness (QED) is 0.0539. The van der Waals surface area contributed by atoms with Crippen molar-refractivity contribution in [2.24, 2.45) is 10.2 Å². The Balaban J connectivity index is 1.78. The summed E-state index contributed by atoms with van der Waals surface area (Å²) in [6.07, 6.45) is 3.19. The number of halogens is 2. The lowest BCUT2D eigenvalue weighted by Gasteiger charge is -2.48. The number of fused-ring (bicyclic) bond motifs is 1. The lowest BCUT2D eigenvalue weighted by atomic mass is 9.79. The van der Waals surface area contributed by atoms with Crippen molar-refractivity contribution >= 4 is 77.0 Å². The van der Waals surface area contributed by atoms with Gasteiger partial charge in [0.25, 0.3) is 8.53 Å². The van der Waals surface area contributed by atoms with E-state index in [1.54, 1.807) is 13.2 Å². The number of hydrogen-bond acceptors (Lipinski definition) is 10. The monoisotopic (exact) mass is 873 g/mol. The van der Waals surface area contributed by atoms with E-state index < -0.39 is 8.53 Å². The molecule has 1 aliphatic heterocycles. The molecule has 0 fully saturated rings. The number of hydrogen-bond donors (Lipinski definition) is 0. The van der Waals surface area contributed by atoms with Crippen molar-refractivity contribution in [3.05, 3.63) is 41.5 Å². The van der Waals surface area contributed by atoms with Gasteiger partial charge in [0.05, 0.1) is 89.8 Å². The van der Waals surface area contributed by atoms with Crippen molar-refractivity contribution in [2.45, 2.75) is 97.7 Å². The molecule has 1 aliphatic rings. The molecule has 2 aromatic carbocycles. The first-order chi connectivity index (χ1) is 21.8. The minimum Gasteiger partial charge on any atom is -0.494 e. The highest BCUT2D eigenvalue weighted by molar-refractivity contribution is 14.2. The zero-order valence-electron chi connectivity index (χ0n) is 28.1. The van der Waals surface area contributed by atoms with Crippen LogP contribution in [-0.2, 0) is 9.05 Å². The van der Waals surface area contributed by atoms with Crippen LogP contribution in [0.3, 0.4) is 0 Å². The zero-order valence-corrected chi connectivity index (χ0v) is 33.3. The van der Waals surface area contributed by atoms with E-state index in [-0.39, 0.29) is 17.6 Å². The molecule has 250 valence electrons. The Hall–Kier alpha value is -1.81. The van der Waals surface area contributed by atoms with Gasteiger partial charge >= 0.3 is 0 Å². The van der Waals surface area contributed by atoms with E-state index in [0.29, 0.717) is 48.2 Å². The summed E-state index contributed by atoms with van der Waals surface area (Å²) in [6, 6.07) is 14.6. The predicted octanol–water partition coefficient (Wildman–Crippen LogP) is 10.7. The number of rotatable bonds is 16. The first-order valence-corrected chi connectivity index (χ1v) is 18.7. The maximum atomic E-state index is 9.71. The summed E-state index contributed by atoms with van der Waals surface area (Å²) in [5.41, 5.74) is 4.85. The summed E-state index contributed by atoms with van der Waals surface area (Å²) >= 11 is 4.32. The van der Waals surface area contributed by atoms with Gasteiger partial charge in [-0.2, -0.15) is 10.5 Å². The van der Waals surface area contributed by atoms with Gasteiger partial charge in [0.2, 0.25) is 0 Å². The third kappa shape index (κ3) is 10.1. The summed E-state index contributed by atoms with van der Waals surface area (Å²) in [7, 11) is 0.412. The Bertz CT molecular complexity index is 1420. The van der Waals surface area contributed by atoms with Crippen LogP contribution in [0.4, 0.5) is 22.7 Å². The van der Waals surface area contributed by atoms with Crippen molar-refractivity contribution in [1.29, 1.82) is 10.5 Å². The van der Waals surface area contributed by atoms with Gasteiger partial charge < -0.3 is 18.7 Å². The number of ether oxygens (including phenoxy) is 1. The second-order valence-corrected chi connectivity index (χ2v) is 17.7. The van der Waals surface area contributed by atoms with Crippen LogP contribution in [0.2, 0.25) is 0 Å². The third-order valence-electron chi connectivity index (χ3n) is 7.89. The van der Waals surface area contributed by atoms with Crippen LogP contribution in [0.5, 0.6) is 5.75 Å². The highest BCUT2D eigenvalue weighted by Crippen LogP contribution is 2.49. The maximum absolute atomic E-state index is 9.71. The zero-order chi connectivity index (χ0) is 34.0. The van der Waals surface area contributed by atoms with E-state index >= 15 is 0 Å². The second kappa shape index (κ2) is 18.1. The van der Waals surface area contributed by atoms with Gasteiger partial charge in [-0.15, -0.1) is 10.2 Å². The number of unbranched alkanes of at least 4 members (excludes halogenated alkanes) is 1. The molecule has 13 heteroatoms. The van der Waals surface area contributed by atoms with Crippen LogP contribution in [0.25, 0.3) is 0 Å². The normalized spacial score (nSPS) is 16.5. The molecule has 0 spiro atoms. The van der Waals surface area contributed by atoms with Crippen molar-refractivity contribution in [3.8, 4) is 17.9 Å². The predicted molar refractivity (Wildman–Crippen MR) is 204 cm³/mol. The fraction of sp³-hybridized carbons (Fsp3) is 0.576. The number of nitriles is 2. The molecular weight excluding hydrogens is 827 g/mol. The third-order valence-corrected chi connectivity index (χ3v) is 11.1. The highest BCUT2D eigenvalue weighted by atomic mass is 127. The summed E-state index contributed by atoms with van der Waals surface area (Å²) < 4.78 is 22.4. The van der Waals surface area contributed by atoms with Crippen LogP contribution in [-0.4, -0.2) is 49.2 Å². The fourth-order valence-electron chi connectivity index (χ4n) is 5.90. The van der Waals surface area contributed by atoms with Crippen molar-refractivity contribution in [3.63, 3.8) is 0 Å². The average molecular weight is 874 g/mol. The van der Waals surface area contributed by atoms with Gasteiger partial charge in [0, 0.05) is 35.9 Å². The van der Waals surface area contributed by atoms with Gasteiger partial charge in [-0.1, -0.05) is 6.92 Å². The minimum absolute atomic E-state index is 0.0466. The van der Waals surface area contributed by atoms with Crippen molar-refractivity contribution < 1.29 is 13.8 Å². The van der Waals surface area contributed by atoms with Gasteiger partial charge in [0.1, 0.15) is 23.2 Å². The summed E-state index contributed by atoms with van der Waals surface area (Å²) in [4.78, 5) is 2.48. The number of anilines is 2. The van der Waals surface area contributed by atoms with E-state index in [0.717, 1.165) is 37.2 Å². The summed E-state index contributed by atoms with van der Waals surface area (Å²) in [6.45, 7) is 17.3. The van der Waals surface area contributed by atoms with E-state index in [9.17, 15) is 5.26 Å². The smallest absolute Gasteiger partial charge is 0.259 e. The van der Waals surface area contributed by atoms with Gasteiger partial charge in [-0.3, -0.25) is 1.33 Å². The first kappa shape index (κ1) is 38.6. The maximum Gasteiger partial charge on any atom is 0.259 e. The van der Waals surface area contributed by atoms with Crippen LogP contribution in [0.1, 0.15) is 91.2 Å². The van der Waals surface area contributed by atoms with Crippen LogP contribution in [0, 0.1) is 22.7 Å². The van der Waals surface area contributed by atoms with Crippen LogP contribution >= 0.6 is 54.3 Å². The number of azo groups is 1. The number of methoxy groups -OCH3 is 1. The Kier molecular flexibility index (Phi) is 15.2. The molecule has 0 aliphatic carbocycles. The number of benzene rings is 2. The van der Waals surface area contributed by atoms with E-state index in [1.165, 1.54) is 5.56 Å². The number of nitrogens with zero attached hydrogens (tertiary/aromatic N) is 7. The molecule has 2 aromatic rings.